The molecule has 33 heavy (non-hydrogen) atoms. The minimum atomic E-state index is -4.43. The van der Waals surface area contributed by atoms with Crippen LogP contribution in [0.1, 0.15) is 34.6 Å². The number of rotatable bonds is 5. The molecular weight excluding hydrogens is 437 g/mol. The smallest absolute Gasteiger partial charge is 0.361 e. The maximum absolute atomic E-state index is 13.0. The van der Waals surface area contributed by atoms with E-state index in [0.717, 1.165) is 35.7 Å². The van der Waals surface area contributed by atoms with Gasteiger partial charge in [0, 0.05) is 57.8 Å². The Morgan fingerprint density at radius 1 is 1.15 bits per heavy atom. The SMILES string of the molecule is Cc1noc(C)c1CN1CCN(C(=O)C2CC(=O)N(Cc3cccc(C(F)(F)F)c3)C2)CC1. The van der Waals surface area contributed by atoms with Gasteiger partial charge in [-0.25, -0.2) is 0 Å². The molecule has 7 nitrogen and oxygen atoms in total. The zero-order valence-electron chi connectivity index (χ0n) is 18.7. The van der Waals surface area contributed by atoms with E-state index in [2.05, 4.69) is 10.1 Å². The van der Waals surface area contributed by atoms with Gasteiger partial charge in [0.15, 0.2) is 0 Å². The zero-order valence-corrected chi connectivity index (χ0v) is 18.7. The summed E-state index contributed by atoms with van der Waals surface area (Å²) in [7, 11) is 0. The van der Waals surface area contributed by atoms with Crippen molar-refractivity contribution in [3.05, 3.63) is 52.4 Å². The molecule has 2 saturated heterocycles. The van der Waals surface area contributed by atoms with Crippen LogP contribution >= 0.6 is 0 Å². The number of benzene rings is 1. The molecule has 0 saturated carbocycles. The fraction of sp³-hybridized carbons (Fsp3) is 0.522. The topological polar surface area (TPSA) is 69.9 Å². The molecule has 3 heterocycles. The third-order valence-corrected chi connectivity index (χ3v) is 6.44. The average Bonchev–Trinajstić information content (AvgIpc) is 3.30. The summed E-state index contributed by atoms with van der Waals surface area (Å²) in [6.07, 6.45) is -4.34. The van der Waals surface area contributed by atoms with Gasteiger partial charge in [-0.2, -0.15) is 13.2 Å². The van der Waals surface area contributed by atoms with Gasteiger partial charge >= 0.3 is 6.18 Å². The lowest BCUT2D eigenvalue weighted by molar-refractivity contribution is -0.138. The number of aromatic nitrogens is 1. The van der Waals surface area contributed by atoms with Gasteiger partial charge in [-0.15, -0.1) is 0 Å². The van der Waals surface area contributed by atoms with Crippen LogP contribution < -0.4 is 0 Å². The Hall–Kier alpha value is -2.88. The van der Waals surface area contributed by atoms with E-state index in [1.807, 2.05) is 13.8 Å². The standard InChI is InChI=1S/C23H27F3N4O3/c1-15-20(16(2)33-27-15)14-28-6-8-29(9-7-28)22(32)18-11-21(31)30(13-18)12-17-4-3-5-19(10-17)23(24,25)26/h3-5,10,18H,6-9,11-14H2,1-2H3. The van der Waals surface area contributed by atoms with Crippen LogP contribution in [0, 0.1) is 19.8 Å². The minimum Gasteiger partial charge on any atom is -0.361 e. The molecule has 0 spiro atoms. The predicted molar refractivity (Wildman–Crippen MR) is 113 cm³/mol. The van der Waals surface area contributed by atoms with Gasteiger partial charge < -0.3 is 14.3 Å². The monoisotopic (exact) mass is 464 g/mol. The maximum atomic E-state index is 13.0. The van der Waals surface area contributed by atoms with Crippen LogP contribution in [0.25, 0.3) is 0 Å². The number of carbonyl (C=O) groups is 2. The third-order valence-electron chi connectivity index (χ3n) is 6.44. The Morgan fingerprint density at radius 3 is 2.52 bits per heavy atom. The number of hydrogen-bond donors (Lipinski definition) is 0. The number of halogens is 3. The van der Waals surface area contributed by atoms with Crippen molar-refractivity contribution in [3.8, 4) is 0 Å². The quantitative estimate of drug-likeness (QED) is 0.681. The molecule has 1 aromatic heterocycles. The Bertz CT molecular complexity index is 1010. The van der Waals surface area contributed by atoms with E-state index in [1.54, 1.807) is 11.0 Å². The Kier molecular flexibility index (Phi) is 6.47. The molecule has 2 aliphatic heterocycles. The van der Waals surface area contributed by atoms with E-state index in [0.29, 0.717) is 31.7 Å². The maximum Gasteiger partial charge on any atom is 0.416 e. The largest absolute Gasteiger partial charge is 0.416 e. The lowest BCUT2D eigenvalue weighted by Crippen LogP contribution is -2.50. The molecule has 0 bridgehead atoms. The molecular formula is C23H27F3N4O3. The second-order valence-electron chi connectivity index (χ2n) is 8.78. The van der Waals surface area contributed by atoms with Crippen molar-refractivity contribution in [1.82, 2.24) is 19.9 Å². The van der Waals surface area contributed by atoms with Crippen LogP contribution in [0.3, 0.4) is 0 Å². The molecule has 2 amide bonds. The van der Waals surface area contributed by atoms with Crippen molar-refractivity contribution >= 4 is 11.8 Å². The predicted octanol–water partition coefficient (Wildman–Crippen LogP) is 3.00. The van der Waals surface area contributed by atoms with Crippen molar-refractivity contribution in [3.63, 3.8) is 0 Å². The summed E-state index contributed by atoms with van der Waals surface area (Å²) in [5, 5.41) is 3.98. The Balaban J connectivity index is 1.31. The second-order valence-corrected chi connectivity index (χ2v) is 8.78. The number of aryl methyl sites for hydroxylation is 2. The van der Waals surface area contributed by atoms with Gasteiger partial charge in [-0.05, 0) is 31.5 Å². The molecule has 1 aromatic carbocycles. The van der Waals surface area contributed by atoms with Crippen LogP contribution in [0.15, 0.2) is 28.8 Å². The Labute approximate surface area is 190 Å². The third kappa shape index (κ3) is 5.21. The van der Waals surface area contributed by atoms with E-state index in [4.69, 9.17) is 4.52 Å². The lowest BCUT2D eigenvalue weighted by atomic mass is 10.1. The van der Waals surface area contributed by atoms with Gasteiger partial charge in [0.1, 0.15) is 5.76 Å². The molecule has 2 aromatic rings. The molecule has 10 heteroatoms. The van der Waals surface area contributed by atoms with Crippen molar-refractivity contribution in [2.45, 2.75) is 39.5 Å². The number of hydrogen-bond acceptors (Lipinski definition) is 5. The second kappa shape index (κ2) is 9.17. The Morgan fingerprint density at radius 2 is 1.88 bits per heavy atom. The molecule has 0 radical (unpaired) electrons. The van der Waals surface area contributed by atoms with Crippen molar-refractivity contribution in [2.75, 3.05) is 32.7 Å². The summed E-state index contributed by atoms with van der Waals surface area (Å²) in [5.74, 6) is 0.0726. The van der Waals surface area contributed by atoms with Gasteiger partial charge in [0.05, 0.1) is 17.2 Å². The van der Waals surface area contributed by atoms with Gasteiger partial charge in [-0.1, -0.05) is 17.3 Å². The molecule has 1 unspecified atom stereocenters. The highest BCUT2D eigenvalue weighted by molar-refractivity contribution is 5.89. The van der Waals surface area contributed by atoms with Crippen LogP contribution in [-0.2, 0) is 28.9 Å². The van der Waals surface area contributed by atoms with E-state index in [9.17, 15) is 22.8 Å². The summed E-state index contributed by atoms with van der Waals surface area (Å²) in [5.41, 5.74) is 1.60. The normalized spacial score (nSPS) is 20.0. The summed E-state index contributed by atoms with van der Waals surface area (Å²) < 4.78 is 44.1. The van der Waals surface area contributed by atoms with Gasteiger partial charge in [0.2, 0.25) is 11.8 Å². The molecule has 178 valence electrons. The van der Waals surface area contributed by atoms with Gasteiger partial charge in [0.25, 0.3) is 0 Å². The molecule has 0 aliphatic carbocycles. The van der Waals surface area contributed by atoms with Crippen LogP contribution in [0.2, 0.25) is 0 Å². The minimum absolute atomic E-state index is 0.0631. The first-order valence-corrected chi connectivity index (χ1v) is 11.0. The average molecular weight is 464 g/mol. The summed E-state index contributed by atoms with van der Waals surface area (Å²) >= 11 is 0. The molecule has 1 atom stereocenters. The van der Waals surface area contributed by atoms with Crippen LogP contribution in [-0.4, -0.2) is 64.4 Å². The highest BCUT2D eigenvalue weighted by Crippen LogP contribution is 2.30. The fourth-order valence-corrected chi connectivity index (χ4v) is 4.49. The summed E-state index contributed by atoms with van der Waals surface area (Å²) in [6.45, 7) is 7.38. The first-order valence-electron chi connectivity index (χ1n) is 11.0. The van der Waals surface area contributed by atoms with E-state index in [-0.39, 0.29) is 31.3 Å². The van der Waals surface area contributed by atoms with E-state index >= 15 is 0 Å². The lowest BCUT2D eigenvalue weighted by Gasteiger charge is -2.35. The first-order chi connectivity index (χ1) is 15.6. The molecule has 2 fully saturated rings. The number of likely N-dealkylation sites (tertiary alicyclic amines) is 1. The van der Waals surface area contributed by atoms with Crippen molar-refractivity contribution in [2.24, 2.45) is 5.92 Å². The van der Waals surface area contributed by atoms with Crippen LogP contribution in [0.5, 0.6) is 0 Å². The highest BCUT2D eigenvalue weighted by atomic mass is 19.4. The summed E-state index contributed by atoms with van der Waals surface area (Å²) in [4.78, 5) is 31.0. The molecule has 2 aliphatic rings. The summed E-state index contributed by atoms with van der Waals surface area (Å²) in [6, 6.07) is 4.97. The van der Waals surface area contributed by atoms with Crippen molar-refractivity contribution < 1.29 is 27.3 Å². The fourth-order valence-electron chi connectivity index (χ4n) is 4.49. The highest BCUT2D eigenvalue weighted by Gasteiger charge is 2.38. The van der Waals surface area contributed by atoms with E-state index < -0.39 is 17.7 Å². The molecule has 4 rings (SSSR count). The van der Waals surface area contributed by atoms with Crippen molar-refractivity contribution in [1.29, 1.82) is 0 Å². The number of nitrogens with zero attached hydrogens (tertiary/aromatic N) is 4. The molecule has 0 N–H and O–H groups in total. The first kappa shape index (κ1) is 23.3. The number of piperazine rings is 1. The van der Waals surface area contributed by atoms with Crippen LogP contribution in [0.4, 0.5) is 13.2 Å². The number of amides is 2. The van der Waals surface area contributed by atoms with E-state index in [1.165, 1.54) is 11.0 Å². The number of carbonyl (C=O) groups excluding carboxylic acids is 2. The van der Waals surface area contributed by atoms with Gasteiger partial charge in [-0.3, -0.25) is 14.5 Å². The zero-order chi connectivity index (χ0) is 23.8. The number of alkyl halides is 3.